The van der Waals surface area contributed by atoms with Crippen LogP contribution in [-0.2, 0) is 4.79 Å². The van der Waals surface area contributed by atoms with Gasteiger partial charge in [0.25, 0.3) is 0 Å². The Morgan fingerprint density at radius 3 is 2.86 bits per heavy atom. The highest BCUT2D eigenvalue weighted by molar-refractivity contribution is 5.91. The van der Waals surface area contributed by atoms with E-state index in [2.05, 4.69) is 15.5 Å². The molecule has 1 aliphatic carbocycles. The molecule has 1 saturated carbocycles. The molecule has 2 atom stereocenters. The van der Waals surface area contributed by atoms with Crippen LogP contribution in [0.3, 0.4) is 0 Å². The summed E-state index contributed by atoms with van der Waals surface area (Å²) in [7, 11) is 0. The van der Waals surface area contributed by atoms with E-state index in [1.807, 2.05) is 24.3 Å². The Balaban J connectivity index is 1.90. The number of nitrogens with zero attached hydrogens (tertiary/aromatic N) is 2. The third-order valence-electron chi connectivity index (χ3n) is 4.23. The maximum absolute atomic E-state index is 11.5. The Morgan fingerprint density at radius 1 is 1.19 bits per heavy atom. The molecule has 0 bridgehead atoms. The fourth-order valence-electron chi connectivity index (χ4n) is 3.09. The van der Waals surface area contributed by atoms with Crippen LogP contribution in [0.4, 0.5) is 5.82 Å². The van der Waals surface area contributed by atoms with E-state index in [1.165, 1.54) is 0 Å². The van der Waals surface area contributed by atoms with Gasteiger partial charge in [-0.1, -0.05) is 43.5 Å². The molecule has 2 N–H and O–H groups in total. The number of carboxylic acids is 1. The number of hydrogen-bond donors (Lipinski definition) is 2. The van der Waals surface area contributed by atoms with E-state index in [9.17, 15) is 9.90 Å². The first-order valence-electron chi connectivity index (χ1n) is 7.45. The van der Waals surface area contributed by atoms with Crippen molar-refractivity contribution in [1.29, 1.82) is 0 Å². The van der Waals surface area contributed by atoms with Crippen molar-refractivity contribution in [1.82, 2.24) is 10.2 Å². The number of fused-ring (bicyclic) bond motifs is 1. The van der Waals surface area contributed by atoms with Gasteiger partial charge in [-0.2, -0.15) is 5.10 Å². The quantitative estimate of drug-likeness (QED) is 0.848. The van der Waals surface area contributed by atoms with Gasteiger partial charge in [-0.25, -0.2) is 0 Å². The van der Waals surface area contributed by atoms with Crippen LogP contribution >= 0.6 is 0 Å². The summed E-state index contributed by atoms with van der Waals surface area (Å²) in [6, 6.07) is 7.80. The highest BCUT2D eigenvalue weighted by Gasteiger charge is 2.30. The molecule has 5 heteroatoms. The van der Waals surface area contributed by atoms with Gasteiger partial charge in [0, 0.05) is 16.8 Å². The summed E-state index contributed by atoms with van der Waals surface area (Å²) in [5.74, 6) is -0.387. The first-order chi connectivity index (χ1) is 10.3. The molecule has 0 amide bonds. The van der Waals surface area contributed by atoms with Crippen molar-refractivity contribution in [2.45, 2.75) is 38.1 Å². The Morgan fingerprint density at radius 2 is 2.00 bits per heavy atom. The summed E-state index contributed by atoms with van der Waals surface area (Å²) in [5.41, 5.74) is 0. The lowest BCUT2D eigenvalue weighted by Gasteiger charge is -2.23. The lowest BCUT2D eigenvalue weighted by atomic mass is 9.95. The maximum atomic E-state index is 11.5. The first-order valence-corrected chi connectivity index (χ1v) is 7.45. The van der Waals surface area contributed by atoms with Gasteiger partial charge >= 0.3 is 5.97 Å². The molecule has 1 aromatic heterocycles. The first kappa shape index (κ1) is 13.8. The van der Waals surface area contributed by atoms with Gasteiger partial charge in [-0.3, -0.25) is 4.79 Å². The van der Waals surface area contributed by atoms with Crippen molar-refractivity contribution in [3.63, 3.8) is 0 Å². The predicted molar refractivity (Wildman–Crippen MR) is 81.2 cm³/mol. The number of benzene rings is 1. The fraction of sp³-hybridized carbons (Fsp3) is 0.438. The van der Waals surface area contributed by atoms with Crippen molar-refractivity contribution in [2.24, 2.45) is 5.92 Å². The van der Waals surface area contributed by atoms with Crippen LogP contribution in [0.1, 0.15) is 32.1 Å². The second-order valence-corrected chi connectivity index (χ2v) is 5.61. The van der Waals surface area contributed by atoms with Gasteiger partial charge in [0.1, 0.15) is 0 Å². The summed E-state index contributed by atoms with van der Waals surface area (Å²) < 4.78 is 0. The fourth-order valence-corrected chi connectivity index (χ4v) is 3.09. The minimum absolute atomic E-state index is 0.0786. The molecule has 1 aromatic carbocycles. The summed E-state index contributed by atoms with van der Waals surface area (Å²) in [4.78, 5) is 11.5. The molecule has 2 unspecified atom stereocenters. The number of nitrogens with one attached hydrogen (secondary N) is 1. The van der Waals surface area contributed by atoms with Gasteiger partial charge < -0.3 is 10.4 Å². The van der Waals surface area contributed by atoms with E-state index in [4.69, 9.17) is 0 Å². The molecule has 1 aliphatic rings. The number of carboxylic acid groups (broad SMARTS) is 1. The van der Waals surface area contributed by atoms with E-state index in [1.54, 1.807) is 6.20 Å². The van der Waals surface area contributed by atoms with Crippen LogP contribution < -0.4 is 5.32 Å². The smallest absolute Gasteiger partial charge is 0.308 e. The highest BCUT2D eigenvalue weighted by Crippen LogP contribution is 2.28. The van der Waals surface area contributed by atoms with Crippen LogP contribution in [0.2, 0.25) is 0 Å². The zero-order valence-electron chi connectivity index (χ0n) is 11.8. The zero-order valence-corrected chi connectivity index (χ0v) is 11.8. The Hall–Kier alpha value is -2.17. The van der Waals surface area contributed by atoms with Crippen molar-refractivity contribution >= 4 is 22.6 Å². The summed E-state index contributed by atoms with van der Waals surface area (Å²) >= 11 is 0. The summed E-state index contributed by atoms with van der Waals surface area (Å²) in [5, 5.41) is 23.0. The lowest BCUT2D eigenvalue weighted by Crippen LogP contribution is -2.34. The van der Waals surface area contributed by atoms with E-state index < -0.39 is 5.97 Å². The SMILES string of the molecule is O=C(O)C1CCCCCC1Nc1nncc2ccccc12. The number of carbonyl (C=O) groups is 1. The molecule has 0 aliphatic heterocycles. The van der Waals surface area contributed by atoms with Gasteiger partial charge in [0.05, 0.1) is 12.1 Å². The molecule has 0 spiro atoms. The minimum Gasteiger partial charge on any atom is -0.481 e. The Labute approximate surface area is 123 Å². The van der Waals surface area contributed by atoms with Crippen LogP contribution in [0.5, 0.6) is 0 Å². The van der Waals surface area contributed by atoms with Crippen LogP contribution in [0, 0.1) is 5.92 Å². The van der Waals surface area contributed by atoms with Crippen molar-refractivity contribution < 1.29 is 9.90 Å². The summed E-state index contributed by atoms with van der Waals surface area (Å²) in [6.07, 6.45) is 6.45. The molecule has 21 heavy (non-hydrogen) atoms. The second kappa shape index (κ2) is 6.08. The Bertz CT molecular complexity index is 639. The molecule has 1 fully saturated rings. The number of rotatable bonds is 3. The third kappa shape index (κ3) is 2.96. The van der Waals surface area contributed by atoms with E-state index in [-0.39, 0.29) is 12.0 Å². The Kier molecular flexibility index (Phi) is 3.99. The molecule has 1 heterocycles. The normalized spacial score (nSPS) is 22.7. The molecule has 5 nitrogen and oxygen atoms in total. The third-order valence-corrected chi connectivity index (χ3v) is 4.23. The van der Waals surface area contributed by atoms with Crippen molar-refractivity contribution in [2.75, 3.05) is 5.32 Å². The topological polar surface area (TPSA) is 75.1 Å². The molecular formula is C16H19N3O2. The van der Waals surface area contributed by atoms with Crippen molar-refractivity contribution in [3.05, 3.63) is 30.5 Å². The van der Waals surface area contributed by atoms with Gasteiger partial charge in [-0.15, -0.1) is 5.10 Å². The number of hydrogen-bond acceptors (Lipinski definition) is 4. The average molecular weight is 285 g/mol. The number of aliphatic carboxylic acids is 1. The molecule has 110 valence electrons. The molecular weight excluding hydrogens is 266 g/mol. The molecule has 0 saturated heterocycles. The van der Waals surface area contributed by atoms with E-state index in [0.717, 1.165) is 42.9 Å². The maximum Gasteiger partial charge on any atom is 0.308 e. The lowest BCUT2D eigenvalue weighted by molar-refractivity contribution is -0.142. The van der Waals surface area contributed by atoms with E-state index >= 15 is 0 Å². The number of aromatic nitrogens is 2. The predicted octanol–water partition coefficient (Wildman–Crippen LogP) is 3.08. The largest absolute Gasteiger partial charge is 0.481 e. The average Bonchev–Trinajstić information content (AvgIpc) is 2.73. The van der Waals surface area contributed by atoms with Crippen LogP contribution in [0.25, 0.3) is 10.8 Å². The molecule has 2 aromatic rings. The monoisotopic (exact) mass is 285 g/mol. The second-order valence-electron chi connectivity index (χ2n) is 5.61. The van der Waals surface area contributed by atoms with Crippen molar-refractivity contribution in [3.8, 4) is 0 Å². The highest BCUT2D eigenvalue weighted by atomic mass is 16.4. The van der Waals surface area contributed by atoms with Crippen LogP contribution in [-0.4, -0.2) is 27.3 Å². The zero-order chi connectivity index (χ0) is 14.7. The standard InChI is InChI=1S/C16H19N3O2/c20-16(21)13-8-2-1-3-9-14(13)18-15-12-7-5-4-6-11(12)10-17-19-15/h4-7,10,13-14H,1-3,8-9H2,(H,18,19)(H,20,21). The minimum atomic E-state index is -0.720. The molecule has 0 radical (unpaired) electrons. The number of anilines is 1. The molecule has 3 rings (SSSR count). The van der Waals surface area contributed by atoms with E-state index in [0.29, 0.717) is 5.82 Å². The summed E-state index contributed by atoms with van der Waals surface area (Å²) in [6.45, 7) is 0. The van der Waals surface area contributed by atoms with Gasteiger partial charge in [0.15, 0.2) is 5.82 Å². The van der Waals surface area contributed by atoms with Gasteiger partial charge in [-0.05, 0) is 12.8 Å². The van der Waals surface area contributed by atoms with Crippen LogP contribution in [0.15, 0.2) is 30.5 Å². The van der Waals surface area contributed by atoms with Gasteiger partial charge in [0.2, 0.25) is 0 Å².